The average Bonchev–Trinajstić information content (AvgIpc) is 2.38. The molecule has 1 aromatic carbocycles. The molecule has 2 aromatic rings. The normalized spacial score (nSPS) is 12.8. The van der Waals surface area contributed by atoms with E-state index in [0.29, 0.717) is 0 Å². The highest BCUT2D eigenvalue weighted by molar-refractivity contribution is 5.81. The molecular weight excluding hydrogens is 212 g/mol. The molecule has 0 saturated heterocycles. The number of ether oxygens (including phenoxy) is 1. The van der Waals surface area contributed by atoms with Crippen LogP contribution in [-0.2, 0) is 11.3 Å². The number of nitrogens with zero attached hydrogens (tertiary/aromatic N) is 1. The van der Waals surface area contributed by atoms with E-state index in [4.69, 9.17) is 4.74 Å². The zero-order chi connectivity index (χ0) is 12.1. The number of pyridine rings is 1. The standard InChI is InChI=1S/C14H18N2O/c1-11(17-2)8-16-9-12-3-4-14-10-15-6-5-13(14)7-12/h3-7,10-11,16H,8-9H2,1-2H3. The second kappa shape index (κ2) is 5.75. The Morgan fingerprint density at radius 1 is 1.29 bits per heavy atom. The van der Waals surface area contributed by atoms with E-state index >= 15 is 0 Å². The second-order valence-corrected chi connectivity index (χ2v) is 4.23. The quantitative estimate of drug-likeness (QED) is 0.856. The Morgan fingerprint density at radius 2 is 2.18 bits per heavy atom. The van der Waals surface area contributed by atoms with E-state index < -0.39 is 0 Å². The zero-order valence-corrected chi connectivity index (χ0v) is 10.3. The van der Waals surface area contributed by atoms with E-state index in [2.05, 4.69) is 35.4 Å². The van der Waals surface area contributed by atoms with Gasteiger partial charge in [0.05, 0.1) is 6.10 Å². The summed E-state index contributed by atoms with van der Waals surface area (Å²) in [6.07, 6.45) is 3.96. The number of methoxy groups -OCH3 is 1. The monoisotopic (exact) mass is 230 g/mol. The van der Waals surface area contributed by atoms with Crippen molar-refractivity contribution >= 4 is 10.8 Å². The fourth-order valence-electron chi connectivity index (χ4n) is 1.75. The van der Waals surface area contributed by atoms with Gasteiger partial charge in [0.2, 0.25) is 0 Å². The highest BCUT2D eigenvalue weighted by Crippen LogP contribution is 2.14. The molecule has 0 amide bonds. The smallest absolute Gasteiger partial charge is 0.0667 e. The molecule has 3 heteroatoms. The number of benzene rings is 1. The molecule has 0 aliphatic rings. The number of fused-ring (bicyclic) bond motifs is 1. The molecule has 1 atom stereocenters. The molecule has 0 fully saturated rings. The Kier molecular flexibility index (Phi) is 4.07. The molecule has 17 heavy (non-hydrogen) atoms. The molecule has 2 rings (SSSR count). The van der Waals surface area contributed by atoms with Crippen LogP contribution in [0.5, 0.6) is 0 Å². The maximum absolute atomic E-state index is 5.19. The molecule has 1 unspecified atom stereocenters. The molecule has 0 aliphatic carbocycles. The summed E-state index contributed by atoms with van der Waals surface area (Å²) in [6, 6.07) is 8.48. The molecule has 0 spiro atoms. The van der Waals surface area contributed by atoms with Gasteiger partial charge < -0.3 is 10.1 Å². The van der Waals surface area contributed by atoms with Crippen LogP contribution in [0.4, 0.5) is 0 Å². The van der Waals surface area contributed by atoms with Crippen molar-refractivity contribution in [1.82, 2.24) is 10.3 Å². The lowest BCUT2D eigenvalue weighted by atomic mass is 10.1. The Labute approximate surface area is 102 Å². The van der Waals surface area contributed by atoms with Gasteiger partial charge >= 0.3 is 0 Å². The van der Waals surface area contributed by atoms with Gasteiger partial charge in [-0.15, -0.1) is 0 Å². The first-order valence-electron chi connectivity index (χ1n) is 5.86. The third-order valence-electron chi connectivity index (χ3n) is 2.87. The maximum atomic E-state index is 5.19. The first kappa shape index (κ1) is 12.0. The van der Waals surface area contributed by atoms with E-state index in [-0.39, 0.29) is 6.10 Å². The lowest BCUT2D eigenvalue weighted by Gasteiger charge is -2.11. The van der Waals surface area contributed by atoms with Crippen LogP contribution in [0.15, 0.2) is 36.7 Å². The molecule has 0 saturated carbocycles. The van der Waals surface area contributed by atoms with Crippen molar-refractivity contribution in [1.29, 1.82) is 0 Å². The predicted molar refractivity (Wildman–Crippen MR) is 69.9 cm³/mol. The van der Waals surface area contributed by atoms with Gasteiger partial charge in [0.25, 0.3) is 0 Å². The topological polar surface area (TPSA) is 34.1 Å². The number of hydrogen-bond donors (Lipinski definition) is 1. The number of rotatable bonds is 5. The van der Waals surface area contributed by atoms with E-state index in [1.807, 2.05) is 18.5 Å². The minimum absolute atomic E-state index is 0.250. The molecule has 1 aromatic heterocycles. The Bertz CT molecular complexity index is 484. The van der Waals surface area contributed by atoms with Gasteiger partial charge in [-0.25, -0.2) is 0 Å². The van der Waals surface area contributed by atoms with E-state index in [1.165, 1.54) is 16.3 Å². The zero-order valence-electron chi connectivity index (χ0n) is 10.3. The molecule has 0 aliphatic heterocycles. The summed E-state index contributed by atoms with van der Waals surface area (Å²) in [5.74, 6) is 0. The number of nitrogens with one attached hydrogen (secondary N) is 1. The van der Waals surface area contributed by atoms with Crippen molar-refractivity contribution < 1.29 is 4.74 Å². The summed E-state index contributed by atoms with van der Waals surface area (Å²) in [5, 5.41) is 5.79. The van der Waals surface area contributed by atoms with Gasteiger partial charge in [0, 0.05) is 38.0 Å². The Morgan fingerprint density at radius 3 is 3.00 bits per heavy atom. The summed E-state index contributed by atoms with van der Waals surface area (Å²) in [7, 11) is 1.73. The van der Waals surface area contributed by atoms with Gasteiger partial charge in [-0.1, -0.05) is 12.1 Å². The van der Waals surface area contributed by atoms with Crippen molar-refractivity contribution in [3.05, 3.63) is 42.2 Å². The van der Waals surface area contributed by atoms with E-state index in [9.17, 15) is 0 Å². The first-order valence-corrected chi connectivity index (χ1v) is 5.86. The summed E-state index contributed by atoms with van der Waals surface area (Å²) in [6.45, 7) is 3.79. The highest BCUT2D eigenvalue weighted by Gasteiger charge is 1.99. The third kappa shape index (κ3) is 3.25. The van der Waals surface area contributed by atoms with Crippen molar-refractivity contribution in [3.8, 4) is 0 Å². The first-order chi connectivity index (χ1) is 8.29. The molecule has 1 N–H and O–H groups in total. The summed E-state index contributed by atoms with van der Waals surface area (Å²) in [4.78, 5) is 4.11. The SMILES string of the molecule is COC(C)CNCc1ccc2cnccc2c1. The van der Waals surface area contributed by atoms with Crippen LogP contribution in [-0.4, -0.2) is 24.7 Å². The second-order valence-electron chi connectivity index (χ2n) is 4.23. The van der Waals surface area contributed by atoms with Crippen LogP contribution in [0.2, 0.25) is 0 Å². The molecule has 0 radical (unpaired) electrons. The van der Waals surface area contributed by atoms with Crippen LogP contribution < -0.4 is 5.32 Å². The fraction of sp³-hybridized carbons (Fsp3) is 0.357. The molecule has 0 bridgehead atoms. The Hall–Kier alpha value is -1.45. The third-order valence-corrected chi connectivity index (χ3v) is 2.87. The predicted octanol–water partition coefficient (Wildman–Crippen LogP) is 2.36. The summed E-state index contributed by atoms with van der Waals surface area (Å²) < 4.78 is 5.19. The minimum Gasteiger partial charge on any atom is -0.380 e. The van der Waals surface area contributed by atoms with Gasteiger partial charge in [0.15, 0.2) is 0 Å². The van der Waals surface area contributed by atoms with E-state index in [1.54, 1.807) is 7.11 Å². The van der Waals surface area contributed by atoms with Gasteiger partial charge in [0.1, 0.15) is 0 Å². The minimum atomic E-state index is 0.250. The molecule has 90 valence electrons. The van der Waals surface area contributed by atoms with Crippen molar-refractivity contribution in [3.63, 3.8) is 0 Å². The van der Waals surface area contributed by atoms with Crippen molar-refractivity contribution in [2.24, 2.45) is 0 Å². The number of hydrogen-bond acceptors (Lipinski definition) is 3. The van der Waals surface area contributed by atoms with Gasteiger partial charge in [-0.3, -0.25) is 4.98 Å². The lowest BCUT2D eigenvalue weighted by molar-refractivity contribution is 0.117. The van der Waals surface area contributed by atoms with Crippen LogP contribution in [0.1, 0.15) is 12.5 Å². The van der Waals surface area contributed by atoms with Gasteiger partial charge in [-0.05, 0) is 30.0 Å². The number of aromatic nitrogens is 1. The van der Waals surface area contributed by atoms with Crippen LogP contribution >= 0.6 is 0 Å². The van der Waals surface area contributed by atoms with Crippen molar-refractivity contribution in [2.75, 3.05) is 13.7 Å². The maximum Gasteiger partial charge on any atom is 0.0667 e. The lowest BCUT2D eigenvalue weighted by Crippen LogP contribution is -2.25. The summed E-state index contributed by atoms with van der Waals surface area (Å²) in [5.41, 5.74) is 1.28. The molecular formula is C14H18N2O. The van der Waals surface area contributed by atoms with Crippen molar-refractivity contribution in [2.45, 2.75) is 19.6 Å². The van der Waals surface area contributed by atoms with Crippen LogP contribution in [0, 0.1) is 0 Å². The average molecular weight is 230 g/mol. The Balaban J connectivity index is 1.99. The highest BCUT2D eigenvalue weighted by atomic mass is 16.5. The molecule has 3 nitrogen and oxygen atoms in total. The van der Waals surface area contributed by atoms with Crippen LogP contribution in [0.3, 0.4) is 0 Å². The summed E-state index contributed by atoms with van der Waals surface area (Å²) >= 11 is 0. The largest absolute Gasteiger partial charge is 0.380 e. The molecule has 1 heterocycles. The van der Waals surface area contributed by atoms with Gasteiger partial charge in [-0.2, -0.15) is 0 Å². The van der Waals surface area contributed by atoms with E-state index in [0.717, 1.165) is 13.1 Å². The van der Waals surface area contributed by atoms with Crippen LogP contribution in [0.25, 0.3) is 10.8 Å². The fourth-order valence-corrected chi connectivity index (χ4v) is 1.75.